The Morgan fingerprint density at radius 2 is 1.97 bits per heavy atom. The molecule has 2 bridgehead atoms. The highest BCUT2D eigenvalue weighted by atomic mass is 35.5. The number of hydrogen-bond acceptors (Lipinski definition) is 6. The van der Waals surface area contributed by atoms with E-state index in [0.717, 1.165) is 0 Å². The molecule has 6 rings (SSSR count). The van der Waals surface area contributed by atoms with Crippen molar-refractivity contribution in [2.75, 3.05) is 11.4 Å². The summed E-state index contributed by atoms with van der Waals surface area (Å²) in [6.45, 7) is -3.08. The molecule has 0 saturated carbocycles. The average Bonchev–Trinajstić information content (AvgIpc) is 3.34. The van der Waals surface area contributed by atoms with Gasteiger partial charge in [-0.3, -0.25) is 4.31 Å². The van der Waals surface area contributed by atoms with Crippen LogP contribution in [-0.4, -0.2) is 36.7 Å². The summed E-state index contributed by atoms with van der Waals surface area (Å²) in [5.74, 6) is 0.664. The lowest BCUT2D eigenvalue weighted by Gasteiger charge is -2.36. The zero-order chi connectivity index (χ0) is 24.5. The zero-order valence-electron chi connectivity index (χ0n) is 18.1. The third kappa shape index (κ3) is 3.25. The lowest BCUT2D eigenvalue weighted by atomic mass is 9.95. The molecule has 0 spiro atoms. The Hall–Kier alpha value is -3.44. The molecule has 0 fully saturated rings. The highest BCUT2D eigenvalue weighted by molar-refractivity contribution is 7.92. The molecule has 0 amide bonds. The Bertz CT molecular complexity index is 1580. The van der Waals surface area contributed by atoms with Crippen LogP contribution in [0.15, 0.2) is 59.6 Å². The molecule has 180 valence electrons. The van der Waals surface area contributed by atoms with Crippen molar-refractivity contribution in [3.63, 3.8) is 0 Å². The van der Waals surface area contributed by atoms with Crippen LogP contribution in [-0.2, 0) is 10.0 Å². The van der Waals surface area contributed by atoms with Crippen molar-refractivity contribution in [2.45, 2.75) is 30.0 Å². The molecular formula is C23H17ClF2N4O4S. The fraction of sp³-hybridized carbons (Fsp3) is 0.217. The Morgan fingerprint density at radius 3 is 2.69 bits per heavy atom. The Kier molecular flexibility index (Phi) is 4.91. The van der Waals surface area contributed by atoms with Crippen molar-refractivity contribution in [2.24, 2.45) is 0 Å². The summed E-state index contributed by atoms with van der Waals surface area (Å²) in [6.07, 6.45) is 1.50. The van der Waals surface area contributed by atoms with Gasteiger partial charge in [-0.15, -0.1) is 0 Å². The molecule has 0 N–H and O–H groups in total. The number of hydrogen-bond donors (Lipinski definition) is 0. The van der Waals surface area contributed by atoms with E-state index in [1.165, 1.54) is 41.9 Å². The van der Waals surface area contributed by atoms with Gasteiger partial charge in [-0.2, -0.15) is 8.78 Å². The van der Waals surface area contributed by atoms with Crippen molar-refractivity contribution in [3.8, 4) is 11.6 Å². The summed E-state index contributed by atoms with van der Waals surface area (Å²) in [5.41, 5.74) is 1.90. The van der Waals surface area contributed by atoms with E-state index in [2.05, 4.69) is 4.98 Å². The maximum Gasteiger partial charge on any atom is 0.387 e. The number of sulfonamides is 1. The first kappa shape index (κ1) is 22.1. The second-order valence-corrected chi connectivity index (χ2v) is 10.4. The maximum atomic E-state index is 13.9. The van der Waals surface area contributed by atoms with Crippen LogP contribution in [0.5, 0.6) is 11.6 Å². The number of imidazole rings is 1. The standard InChI is InChI=1S/C23H17ClF2N4O4S/c1-33-20-8-6-13(11-27-20)35(31,32)30-15-3-2-4-19(34-23(25)26)21(15)17-10-18(30)22-28-14-7-5-12(24)9-16(14)29(17)22/h2-9,11,17-18,23H,10H2,1H3/t17-,18-/m1/s1. The third-order valence-corrected chi connectivity index (χ3v) is 8.36. The largest absolute Gasteiger partial charge is 0.481 e. The zero-order valence-corrected chi connectivity index (χ0v) is 19.7. The number of alkyl halides is 2. The first-order chi connectivity index (χ1) is 16.8. The Balaban J connectivity index is 1.62. The van der Waals surface area contributed by atoms with E-state index in [1.807, 2.05) is 4.57 Å². The minimum atomic E-state index is -4.18. The molecule has 0 aliphatic carbocycles. The van der Waals surface area contributed by atoms with Gasteiger partial charge in [0.1, 0.15) is 22.5 Å². The highest BCUT2D eigenvalue weighted by Gasteiger charge is 2.50. The molecule has 2 aromatic heterocycles. The van der Waals surface area contributed by atoms with Crippen LogP contribution in [0.25, 0.3) is 11.0 Å². The van der Waals surface area contributed by atoms with Crippen LogP contribution in [0, 0.1) is 0 Å². The minimum absolute atomic E-state index is 0.0690. The van der Waals surface area contributed by atoms with Crippen molar-refractivity contribution in [1.82, 2.24) is 14.5 Å². The molecule has 0 radical (unpaired) electrons. The number of benzene rings is 2. The second-order valence-electron chi connectivity index (χ2n) is 8.14. The monoisotopic (exact) mass is 518 g/mol. The number of nitrogens with zero attached hydrogens (tertiary/aromatic N) is 4. The predicted molar refractivity (Wildman–Crippen MR) is 124 cm³/mol. The number of anilines is 1. The molecule has 0 saturated heterocycles. The molecule has 12 heteroatoms. The van der Waals surface area contributed by atoms with Gasteiger partial charge in [0, 0.05) is 23.1 Å². The van der Waals surface area contributed by atoms with E-state index in [1.54, 1.807) is 24.3 Å². The van der Waals surface area contributed by atoms with Gasteiger partial charge in [0.05, 0.1) is 36.1 Å². The second kappa shape index (κ2) is 7.79. The van der Waals surface area contributed by atoms with Crippen LogP contribution in [0.1, 0.15) is 29.9 Å². The van der Waals surface area contributed by atoms with Crippen molar-refractivity contribution >= 4 is 38.3 Å². The summed E-state index contributed by atoms with van der Waals surface area (Å²) in [7, 11) is -2.75. The van der Waals surface area contributed by atoms with E-state index in [-0.39, 0.29) is 22.2 Å². The van der Waals surface area contributed by atoms with Crippen LogP contribution in [0.3, 0.4) is 0 Å². The SMILES string of the molecule is COc1ccc(S(=O)(=O)N2c3cccc(OC(F)F)c3[C@H]3C[C@@H]2c2nc4ccc(Cl)cc4n23)cn1. The first-order valence-electron chi connectivity index (χ1n) is 10.6. The van der Waals surface area contributed by atoms with Gasteiger partial charge in [-0.25, -0.2) is 18.4 Å². The van der Waals surface area contributed by atoms with Crippen molar-refractivity contribution < 1.29 is 26.7 Å². The van der Waals surface area contributed by atoms with Crippen LogP contribution < -0.4 is 13.8 Å². The normalized spacial score (nSPS) is 18.6. The number of rotatable bonds is 5. The number of fused-ring (bicyclic) bond motifs is 3. The molecule has 35 heavy (non-hydrogen) atoms. The quantitative estimate of drug-likeness (QED) is 0.372. The van der Waals surface area contributed by atoms with Crippen LogP contribution >= 0.6 is 11.6 Å². The number of halogens is 3. The van der Waals surface area contributed by atoms with Gasteiger partial charge in [0.25, 0.3) is 10.0 Å². The lowest BCUT2D eigenvalue weighted by Crippen LogP contribution is -2.37. The van der Waals surface area contributed by atoms with Gasteiger partial charge < -0.3 is 14.0 Å². The molecule has 8 nitrogen and oxygen atoms in total. The topological polar surface area (TPSA) is 86.5 Å². The predicted octanol–water partition coefficient (Wildman–Crippen LogP) is 4.94. The van der Waals surface area contributed by atoms with Gasteiger partial charge in [0.2, 0.25) is 5.88 Å². The minimum Gasteiger partial charge on any atom is -0.481 e. The van der Waals surface area contributed by atoms with Gasteiger partial charge >= 0.3 is 6.61 Å². The van der Waals surface area contributed by atoms with Gasteiger partial charge in [0.15, 0.2) is 0 Å². The average molecular weight is 519 g/mol. The molecule has 2 aromatic carbocycles. The number of pyridine rings is 1. The summed E-state index contributed by atoms with van der Waals surface area (Å²) in [5, 5.41) is 0.479. The molecule has 4 aromatic rings. The highest BCUT2D eigenvalue weighted by Crippen LogP contribution is 2.56. The van der Waals surface area contributed by atoms with E-state index in [0.29, 0.717) is 33.9 Å². The van der Waals surface area contributed by atoms with Crippen molar-refractivity contribution in [1.29, 1.82) is 0 Å². The van der Waals surface area contributed by atoms with Crippen LogP contribution in [0.4, 0.5) is 14.5 Å². The fourth-order valence-corrected chi connectivity index (χ4v) is 6.75. The maximum absolute atomic E-state index is 13.9. The smallest absolute Gasteiger partial charge is 0.387 e. The van der Waals surface area contributed by atoms with E-state index in [9.17, 15) is 17.2 Å². The molecule has 2 aliphatic rings. The summed E-state index contributed by atoms with van der Waals surface area (Å²) >= 11 is 6.24. The summed E-state index contributed by atoms with van der Waals surface area (Å²) < 4.78 is 67.5. The van der Waals surface area contributed by atoms with Gasteiger partial charge in [-0.1, -0.05) is 17.7 Å². The third-order valence-electron chi connectivity index (χ3n) is 6.32. The molecule has 0 unspecified atom stereocenters. The number of methoxy groups -OCH3 is 1. The number of aromatic nitrogens is 3. The number of ether oxygens (including phenoxy) is 2. The van der Waals surface area contributed by atoms with E-state index in [4.69, 9.17) is 26.1 Å². The summed E-state index contributed by atoms with van der Waals surface area (Å²) in [6, 6.07) is 11.4. The van der Waals surface area contributed by atoms with E-state index < -0.39 is 28.7 Å². The molecule has 2 atom stereocenters. The fourth-order valence-electron chi connectivity index (χ4n) is 4.99. The summed E-state index contributed by atoms with van der Waals surface area (Å²) in [4.78, 5) is 8.67. The lowest BCUT2D eigenvalue weighted by molar-refractivity contribution is -0.0506. The van der Waals surface area contributed by atoms with Crippen LogP contribution in [0.2, 0.25) is 5.02 Å². The van der Waals surface area contributed by atoms with Gasteiger partial charge in [-0.05, 0) is 36.4 Å². The first-order valence-corrected chi connectivity index (χ1v) is 12.4. The van der Waals surface area contributed by atoms with Crippen molar-refractivity contribution in [3.05, 3.63) is 71.1 Å². The molecule has 2 aliphatic heterocycles. The Labute approximate surface area is 203 Å². The molecule has 4 heterocycles. The van der Waals surface area contributed by atoms with E-state index >= 15 is 0 Å². The molecular weight excluding hydrogens is 502 g/mol. The Morgan fingerprint density at radius 1 is 1.14 bits per heavy atom.